The Morgan fingerprint density at radius 2 is 1.96 bits per heavy atom. The summed E-state index contributed by atoms with van der Waals surface area (Å²) in [6, 6.07) is 3.07. The molecule has 0 aliphatic rings. The van der Waals surface area contributed by atoms with E-state index in [0.29, 0.717) is 22.7 Å². The van der Waals surface area contributed by atoms with Gasteiger partial charge in [-0.25, -0.2) is 9.37 Å². The normalized spacial score (nSPS) is 11.7. The Bertz CT molecular complexity index is 849. The minimum absolute atomic E-state index is 0.139. The molecule has 1 aromatic carbocycles. The van der Waals surface area contributed by atoms with Gasteiger partial charge >= 0.3 is 0 Å². The van der Waals surface area contributed by atoms with Gasteiger partial charge in [-0.1, -0.05) is 0 Å². The monoisotopic (exact) mass is 314 g/mol. The summed E-state index contributed by atoms with van der Waals surface area (Å²) in [7, 11) is 0. The van der Waals surface area contributed by atoms with E-state index in [1.165, 1.54) is 6.07 Å². The smallest absolute Gasteiger partial charge is 0.225 e. The first-order chi connectivity index (χ1) is 10.8. The molecule has 0 aliphatic carbocycles. The molecule has 0 saturated heterocycles. The molecule has 7 heteroatoms. The number of rotatable bonds is 3. The van der Waals surface area contributed by atoms with Crippen LogP contribution >= 0.6 is 0 Å². The molecule has 0 radical (unpaired) electrons. The van der Waals surface area contributed by atoms with E-state index in [0.717, 1.165) is 11.3 Å². The van der Waals surface area contributed by atoms with Gasteiger partial charge < -0.3 is 10.6 Å². The molecule has 3 rings (SSSR count). The van der Waals surface area contributed by atoms with E-state index in [9.17, 15) is 4.39 Å². The molecule has 6 nitrogen and oxygen atoms in total. The molecule has 2 heterocycles. The van der Waals surface area contributed by atoms with Crippen LogP contribution in [0.1, 0.15) is 26.3 Å². The van der Waals surface area contributed by atoms with Gasteiger partial charge in [-0.2, -0.15) is 10.1 Å². The molecular weight excluding hydrogens is 295 g/mol. The fourth-order valence-corrected chi connectivity index (χ4v) is 2.20. The lowest BCUT2D eigenvalue weighted by atomic mass is 10.1. The third-order valence-electron chi connectivity index (χ3n) is 3.28. The maximum Gasteiger partial charge on any atom is 0.225 e. The van der Waals surface area contributed by atoms with E-state index >= 15 is 0 Å². The Morgan fingerprint density at radius 1 is 1.17 bits per heavy atom. The first-order valence-electron chi connectivity index (χ1n) is 7.34. The quantitative estimate of drug-likeness (QED) is 0.686. The number of nitrogens with one attached hydrogen (secondary N) is 3. The van der Waals surface area contributed by atoms with E-state index in [1.54, 1.807) is 18.5 Å². The molecule has 0 fully saturated rings. The standard InChI is InChI=1S/C16H19FN6/c1-9-7-18-15(22-16(2,3)4)21-14(9)20-12-6-5-11(17)13-10(12)8-19-23-13/h5-8H,1-4H3,(H,19,23)(H2,18,20,21,22). The van der Waals surface area contributed by atoms with E-state index in [4.69, 9.17) is 0 Å². The van der Waals surface area contributed by atoms with E-state index in [2.05, 4.69) is 30.8 Å². The van der Waals surface area contributed by atoms with Crippen molar-refractivity contribution in [2.75, 3.05) is 10.6 Å². The topological polar surface area (TPSA) is 78.5 Å². The average Bonchev–Trinajstić information content (AvgIpc) is 2.94. The molecule has 2 aromatic heterocycles. The summed E-state index contributed by atoms with van der Waals surface area (Å²) in [6.07, 6.45) is 3.34. The Kier molecular flexibility index (Phi) is 3.63. The molecule has 0 saturated carbocycles. The van der Waals surface area contributed by atoms with Crippen LogP contribution < -0.4 is 10.6 Å². The van der Waals surface area contributed by atoms with Crippen LogP contribution in [0.4, 0.5) is 21.8 Å². The lowest BCUT2D eigenvalue weighted by Gasteiger charge is -2.21. The van der Waals surface area contributed by atoms with Gasteiger partial charge in [-0.05, 0) is 39.8 Å². The van der Waals surface area contributed by atoms with Gasteiger partial charge in [-0.15, -0.1) is 0 Å². The molecule has 0 aliphatic heterocycles. The second kappa shape index (κ2) is 5.49. The number of benzene rings is 1. The van der Waals surface area contributed by atoms with Crippen LogP contribution in [0.25, 0.3) is 10.9 Å². The van der Waals surface area contributed by atoms with Gasteiger partial charge in [0.2, 0.25) is 5.95 Å². The molecule has 0 atom stereocenters. The maximum absolute atomic E-state index is 13.7. The van der Waals surface area contributed by atoms with E-state index in [1.807, 2.05) is 27.7 Å². The van der Waals surface area contributed by atoms with Crippen LogP contribution in [0.3, 0.4) is 0 Å². The molecule has 3 N–H and O–H groups in total. The van der Waals surface area contributed by atoms with Gasteiger partial charge in [0.1, 0.15) is 17.2 Å². The predicted octanol–water partition coefficient (Wildman–Crippen LogP) is 3.75. The number of aromatic amines is 1. The summed E-state index contributed by atoms with van der Waals surface area (Å²) < 4.78 is 13.7. The highest BCUT2D eigenvalue weighted by atomic mass is 19.1. The Labute approximate surface area is 133 Å². The van der Waals surface area contributed by atoms with Gasteiger partial charge in [0, 0.05) is 22.7 Å². The molecule has 23 heavy (non-hydrogen) atoms. The van der Waals surface area contributed by atoms with E-state index < -0.39 is 0 Å². The highest BCUT2D eigenvalue weighted by Crippen LogP contribution is 2.27. The number of hydrogen-bond donors (Lipinski definition) is 3. The van der Waals surface area contributed by atoms with Gasteiger partial charge in [0.15, 0.2) is 0 Å². The van der Waals surface area contributed by atoms with Crippen molar-refractivity contribution in [2.45, 2.75) is 33.2 Å². The number of aryl methyl sites for hydroxylation is 1. The number of aromatic nitrogens is 4. The first-order valence-corrected chi connectivity index (χ1v) is 7.34. The summed E-state index contributed by atoms with van der Waals surface area (Å²) in [6.45, 7) is 8.04. The Hall–Kier alpha value is -2.70. The molecule has 0 spiro atoms. The van der Waals surface area contributed by atoms with Crippen molar-refractivity contribution in [3.8, 4) is 0 Å². The van der Waals surface area contributed by atoms with Crippen molar-refractivity contribution in [1.29, 1.82) is 0 Å². The second-order valence-corrected chi connectivity index (χ2v) is 6.48. The summed E-state index contributed by atoms with van der Waals surface area (Å²) in [5, 5.41) is 13.7. The Morgan fingerprint density at radius 3 is 2.70 bits per heavy atom. The zero-order valence-electron chi connectivity index (χ0n) is 13.5. The van der Waals surface area contributed by atoms with Gasteiger partial charge in [0.05, 0.1) is 11.9 Å². The Balaban J connectivity index is 1.97. The molecule has 3 aromatic rings. The third-order valence-corrected chi connectivity index (χ3v) is 3.28. The summed E-state index contributed by atoms with van der Waals surface area (Å²) in [4.78, 5) is 8.80. The summed E-state index contributed by atoms with van der Waals surface area (Å²) in [5.74, 6) is 0.870. The number of H-pyrrole nitrogens is 1. The predicted molar refractivity (Wildman–Crippen MR) is 89.5 cm³/mol. The largest absolute Gasteiger partial charge is 0.350 e. The van der Waals surface area contributed by atoms with Crippen molar-refractivity contribution in [3.63, 3.8) is 0 Å². The second-order valence-electron chi connectivity index (χ2n) is 6.48. The number of nitrogens with zero attached hydrogens (tertiary/aromatic N) is 3. The third kappa shape index (κ3) is 3.23. The van der Waals surface area contributed by atoms with Crippen molar-refractivity contribution >= 4 is 28.4 Å². The fourth-order valence-electron chi connectivity index (χ4n) is 2.20. The molecule has 0 amide bonds. The number of hydrogen-bond acceptors (Lipinski definition) is 5. The van der Waals surface area contributed by atoms with Crippen LogP contribution in [0, 0.1) is 12.7 Å². The minimum Gasteiger partial charge on any atom is -0.350 e. The highest BCUT2D eigenvalue weighted by Gasteiger charge is 2.14. The highest BCUT2D eigenvalue weighted by molar-refractivity contribution is 5.93. The lowest BCUT2D eigenvalue weighted by molar-refractivity contribution is 0.626. The van der Waals surface area contributed by atoms with Crippen molar-refractivity contribution in [3.05, 3.63) is 35.9 Å². The average molecular weight is 314 g/mol. The van der Waals surface area contributed by atoms with Crippen LogP contribution in [-0.4, -0.2) is 25.7 Å². The first kappa shape index (κ1) is 15.2. The maximum atomic E-state index is 13.7. The molecular formula is C16H19FN6. The van der Waals surface area contributed by atoms with Gasteiger partial charge in [0.25, 0.3) is 0 Å². The number of anilines is 3. The minimum atomic E-state index is -0.336. The molecule has 0 bridgehead atoms. The molecule has 0 unspecified atom stereocenters. The van der Waals surface area contributed by atoms with Crippen LogP contribution in [0.5, 0.6) is 0 Å². The van der Waals surface area contributed by atoms with Crippen LogP contribution in [0.2, 0.25) is 0 Å². The van der Waals surface area contributed by atoms with Crippen molar-refractivity contribution in [1.82, 2.24) is 20.2 Å². The van der Waals surface area contributed by atoms with Gasteiger partial charge in [-0.3, -0.25) is 5.10 Å². The molecule has 120 valence electrons. The van der Waals surface area contributed by atoms with Crippen LogP contribution in [0.15, 0.2) is 24.5 Å². The summed E-state index contributed by atoms with van der Waals surface area (Å²) >= 11 is 0. The zero-order chi connectivity index (χ0) is 16.6. The van der Waals surface area contributed by atoms with Crippen molar-refractivity contribution < 1.29 is 4.39 Å². The van der Waals surface area contributed by atoms with Crippen molar-refractivity contribution in [2.24, 2.45) is 0 Å². The lowest BCUT2D eigenvalue weighted by Crippen LogP contribution is -2.27. The SMILES string of the molecule is Cc1cnc(NC(C)(C)C)nc1Nc1ccc(F)c2[nH]ncc12. The zero-order valence-corrected chi connectivity index (χ0v) is 13.5. The van der Waals surface area contributed by atoms with E-state index in [-0.39, 0.29) is 11.4 Å². The number of fused-ring (bicyclic) bond motifs is 1. The summed E-state index contributed by atoms with van der Waals surface area (Å²) in [5.41, 5.74) is 1.86. The van der Waals surface area contributed by atoms with Crippen LogP contribution in [-0.2, 0) is 0 Å². The fraction of sp³-hybridized carbons (Fsp3) is 0.312. The number of halogens is 1.